The summed E-state index contributed by atoms with van der Waals surface area (Å²) in [6, 6.07) is 5.89. The zero-order valence-corrected chi connectivity index (χ0v) is 17.2. The number of urea groups is 1. The second-order valence-corrected chi connectivity index (χ2v) is 9.88. The summed E-state index contributed by atoms with van der Waals surface area (Å²) in [6.45, 7) is 5.36. The number of hydrogen-bond acceptors (Lipinski definition) is 3. The Morgan fingerprint density at radius 3 is 2.78 bits per heavy atom. The Hall–Kier alpha value is -2.06. The highest BCUT2D eigenvalue weighted by atomic mass is 32.2. The van der Waals surface area contributed by atoms with Gasteiger partial charge in [-0.2, -0.15) is 0 Å². The molecule has 3 rings (SSSR count). The molecule has 1 fully saturated rings. The Balaban J connectivity index is 1.64. The Kier molecular flexibility index (Phi) is 5.48. The number of likely N-dealkylation sites (tertiary alicyclic amines) is 1. The highest BCUT2D eigenvalue weighted by molar-refractivity contribution is 7.89. The molecule has 1 aliphatic rings. The third-order valence-corrected chi connectivity index (χ3v) is 7.66. The average Bonchev–Trinajstić information content (AvgIpc) is 2.93. The zero-order valence-electron chi connectivity index (χ0n) is 16.4. The molecular weight excluding hydrogens is 364 g/mol. The average molecular weight is 393 g/mol. The number of aryl methyl sites for hydroxylation is 2. The van der Waals surface area contributed by atoms with E-state index in [-0.39, 0.29) is 12.6 Å². The van der Waals surface area contributed by atoms with E-state index in [2.05, 4.69) is 23.3 Å². The van der Waals surface area contributed by atoms with Crippen molar-refractivity contribution in [2.75, 3.05) is 27.2 Å². The van der Waals surface area contributed by atoms with Gasteiger partial charge in [0.05, 0.1) is 5.25 Å². The Bertz CT molecular complexity index is 949. The number of hydrogen-bond donors (Lipinski definition) is 2. The van der Waals surface area contributed by atoms with E-state index < -0.39 is 15.3 Å². The van der Waals surface area contributed by atoms with Crippen LogP contribution in [-0.2, 0) is 16.6 Å². The van der Waals surface area contributed by atoms with Gasteiger partial charge in [0.2, 0.25) is 10.0 Å². The predicted molar refractivity (Wildman–Crippen MR) is 107 cm³/mol. The standard InChI is InChI=1S/C19H28N4O3S/c1-13-14(2)21-18-8-7-15(10-17(13)18)11-20-19(24)23-9-5-6-16(12-23)27(25,26)22(3)4/h7-8,10,16,21H,5-6,9,11-12H2,1-4H3,(H,20,24). The van der Waals surface area contributed by atoms with Gasteiger partial charge in [0, 0.05) is 50.3 Å². The number of H-pyrrole nitrogens is 1. The summed E-state index contributed by atoms with van der Waals surface area (Å²) < 4.78 is 26.0. The molecule has 2 aromatic rings. The van der Waals surface area contributed by atoms with Gasteiger partial charge in [-0.3, -0.25) is 0 Å². The summed E-state index contributed by atoms with van der Waals surface area (Å²) in [7, 11) is -0.278. The SMILES string of the molecule is Cc1[nH]c2ccc(CNC(=O)N3CCCC(S(=O)(=O)N(C)C)C3)cc2c1C. The largest absolute Gasteiger partial charge is 0.358 e. The van der Waals surface area contributed by atoms with Crippen molar-refractivity contribution in [3.05, 3.63) is 35.0 Å². The van der Waals surface area contributed by atoms with Crippen molar-refractivity contribution < 1.29 is 13.2 Å². The number of rotatable bonds is 4. The molecule has 148 valence electrons. The third-order valence-electron chi connectivity index (χ3n) is 5.41. The second kappa shape index (κ2) is 7.52. The maximum atomic E-state index is 12.5. The fourth-order valence-corrected chi connectivity index (χ4v) is 5.00. The number of nitrogens with one attached hydrogen (secondary N) is 2. The molecule has 2 amide bonds. The summed E-state index contributed by atoms with van der Waals surface area (Å²) in [5.41, 5.74) is 4.47. The minimum atomic E-state index is -3.35. The number of benzene rings is 1. The fraction of sp³-hybridized carbons (Fsp3) is 0.526. The number of fused-ring (bicyclic) bond motifs is 1. The molecular formula is C19H28N4O3S. The number of piperidine rings is 1. The smallest absolute Gasteiger partial charge is 0.317 e. The summed E-state index contributed by atoms with van der Waals surface area (Å²) in [4.78, 5) is 17.5. The molecule has 1 aliphatic heterocycles. The number of sulfonamides is 1. The quantitative estimate of drug-likeness (QED) is 0.837. The van der Waals surface area contributed by atoms with E-state index >= 15 is 0 Å². The first kappa shape index (κ1) is 19.7. The van der Waals surface area contributed by atoms with Gasteiger partial charge in [-0.25, -0.2) is 17.5 Å². The van der Waals surface area contributed by atoms with E-state index in [1.165, 1.54) is 24.0 Å². The lowest BCUT2D eigenvalue weighted by molar-refractivity contribution is 0.186. The lowest BCUT2D eigenvalue weighted by Crippen LogP contribution is -2.50. The Morgan fingerprint density at radius 2 is 2.07 bits per heavy atom. The molecule has 1 atom stereocenters. The van der Waals surface area contributed by atoms with Crippen molar-refractivity contribution >= 4 is 27.0 Å². The number of aromatic nitrogens is 1. The zero-order chi connectivity index (χ0) is 19.8. The van der Waals surface area contributed by atoms with Crippen LogP contribution in [0.15, 0.2) is 18.2 Å². The highest BCUT2D eigenvalue weighted by Gasteiger charge is 2.33. The minimum Gasteiger partial charge on any atom is -0.358 e. The predicted octanol–water partition coefficient (Wildman–Crippen LogP) is 2.35. The third kappa shape index (κ3) is 3.96. The molecule has 0 bridgehead atoms. The molecule has 0 aliphatic carbocycles. The molecule has 8 heteroatoms. The van der Waals surface area contributed by atoms with E-state index in [9.17, 15) is 13.2 Å². The summed E-state index contributed by atoms with van der Waals surface area (Å²) in [5.74, 6) is 0. The summed E-state index contributed by atoms with van der Waals surface area (Å²) in [5, 5.41) is 3.56. The van der Waals surface area contributed by atoms with E-state index in [4.69, 9.17) is 0 Å². The van der Waals surface area contributed by atoms with Gasteiger partial charge < -0.3 is 15.2 Å². The number of carbonyl (C=O) groups excluding carboxylic acids is 1. The molecule has 1 unspecified atom stereocenters. The molecule has 0 saturated carbocycles. The maximum absolute atomic E-state index is 12.5. The molecule has 27 heavy (non-hydrogen) atoms. The van der Waals surface area contributed by atoms with Gasteiger partial charge in [-0.05, 0) is 49.9 Å². The van der Waals surface area contributed by atoms with Crippen LogP contribution in [0.5, 0.6) is 0 Å². The van der Waals surface area contributed by atoms with Crippen molar-refractivity contribution in [1.82, 2.24) is 19.5 Å². The van der Waals surface area contributed by atoms with Crippen LogP contribution in [0, 0.1) is 13.8 Å². The van der Waals surface area contributed by atoms with Gasteiger partial charge in [0.15, 0.2) is 0 Å². The molecule has 2 heterocycles. The molecule has 1 saturated heterocycles. The second-order valence-electron chi connectivity index (χ2n) is 7.45. The van der Waals surface area contributed by atoms with Crippen LogP contribution in [-0.4, -0.2) is 61.1 Å². The molecule has 0 radical (unpaired) electrons. The van der Waals surface area contributed by atoms with E-state index in [0.717, 1.165) is 22.2 Å². The van der Waals surface area contributed by atoms with Gasteiger partial charge >= 0.3 is 6.03 Å². The lowest BCUT2D eigenvalue weighted by atomic mass is 10.1. The van der Waals surface area contributed by atoms with Gasteiger partial charge in [0.1, 0.15) is 0 Å². The van der Waals surface area contributed by atoms with Crippen LogP contribution in [0.25, 0.3) is 10.9 Å². The number of amides is 2. The van der Waals surface area contributed by atoms with Crippen molar-refractivity contribution in [2.24, 2.45) is 0 Å². The summed E-state index contributed by atoms with van der Waals surface area (Å²) >= 11 is 0. The molecule has 1 aromatic carbocycles. The maximum Gasteiger partial charge on any atom is 0.317 e. The fourth-order valence-electron chi connectivity index (χ4n) is 3.57. The molecule has 7 nitrogen and oxygen atoms in total. The Labute approximate surface area is 160 Å². The highest BCUT2D eigenvalue weighted by Crippen LogP contribution is 2.23. The van der Waals surface area contributed by atoms with Crippen molar-refractivity contribution in [3.63, 3.8) is 0 Å². The van der Waals surface area contributed by atoms with Crippen LogP contribution in [0.1, 0.15) is 29.7 Å². The first-order valence-electron chi connectivity index (χ1n) is 9.22. The van der Waals surface area contributed by atoms with Crippen LogP contribution in [0.4, 0.5) is 4.79 Å². The van der Waals surface area contributed by atoms with Gasteiger partial charge in [0.25, 0.3) is 0 Å². The van der Waals surface area contributed by atoms with Crippen LogP contribution in [0.2, 0.25) is 0 Å². The minimum absolute atomic E-state index is 0.212. The van der Waals surface area contributed by atoms with Gasteiger partial charge in [-0.1, -0.05) is 6.07 Å². The van der Waals surface area contributed by atoms with Gasteiger partial charge in [-0.15, -0.1) is 0 Å². The van der Waals surface area contributed by atoms with Crippen LogP contribution in [0.3, 0.4) is 0 Å². The summed E-state index contributed by atoms with van der Waals surface area (Å²) in [6.07, 6.45) is 1.28. The van der Waals surface area contributed by atoms with Crippen molar-refractivity contribution in [1.29, 1.82) is 0 Å². The monoisotopic (exact) mass is 392 g/mol. The number of carbonyl (C=O) groups is 1. The van der Waals surface area contributed by atoms with E-state index in [0.29, 0.717) is 25.9 Å². The number of aromatic amines is 1. The van der Waals surface area contributed by atoms with E-state index in [1.54, 1.807) is 4.90 Å². The normalized spacial score (nSPS) is 18.3. The molecule has 2 N–H and O–H groups in total. The molecule has 0 spiro atoms. The van der Waals surface area contributed by atoms with E-state index in [1.807, 2.05) is 19.1 Å². The lowest BCUT2D eigenvalue weighted by Gasteiger charge is -2.33. The van der Waals surface area contributed by atoms with Crippen LogP contribution < -0.4 is 5.32 Å². The van der Waals surface area contributed by atoms with Crippen molar-refractivity contribution in [2.45, 2.75) is 38.5 Å². The first-order valence-corrected chi connectivity index (χ1v) is 10.7. The topological polar surface area (TPSA) is 85.5 Å². The first-order chi connectivity index (χ1) is 12.7. The van der Waals surface area contributed by atoms with Crippen LogP contribution >= 0.6 is 0 Å². The number of nitrogens with zero attached hydrogens (tertiary/aromatic N) is 2. The van der Waals surface area contributed by atoms with Crippen molar-refractivity contribution in [3.8, 4) is 0 Å². The Morgan fingerprint density at radius 1 is 1.33 bits per heavy atom. The molecule has 1 aromatic heterocycles.